The van der Waals surface area contributed by atoms with E-state index in [1.54, 1.807) is 0 Å². The predicted molar refractivity (Wildman–Crippen MR) is 168 cm³/mol. The normalized spacial score (nSPS) is 10.6. The first-order chi connectivity index (χ1) is 20.8. The summed E-state index contributed by atoms with van der Waals surface area (Å²) in [4.78, 5) is 4.45. The zero-order chi connectivity index (χ0) is 28.1. The molecule has 0 aliphatic heterocycles. The second kappa shape index (κ2) is 12.8. The Kier molecular flexibility index (Phi) is 8.32. The van der Waals surface area contributed by atoms with Crippen LogP contribution in [0.1, 0.15) is 0 Å². The molecule has 43 heavy (non-hydrogen) atoms. The molecule has 0 saturated carbocycles. The summed E-state index contributed by atoms with van der Waals surface area (Å²) in [5.74, 6) is 0.997. The minimum Gasteiger partial charge on any atom is -0.304 e. The van der Waals surface area contributed by atoms with Gasteiger partial charge in [-0.05, 0) is 33.3 Å². The van der Waals surface area contributed by atoms with E-state index in [9.17, 15) is 0 Å². The predicted octanol–water partition coefficient (Wildman–Crippen LogP) is 8.41. The fraction of sp³-hybridized carbons (Fsp3) is 0. The molecule has 0 amide bonds. The zero-order valence-corrected chi connectivity index (χ0v) is 25.2. The molecule has 0 fully saturated rings. The SMILES string of the molecule is [Ir].[c-]1ccc2ccccc2c1-c1nnc(-c2cccc3ccccc23)nn1.[c-]1ccccc1-c1nccc2ccccc12. The van der Waals surface area contributed by atoms with Crippen LogP contribution in [-0.4, -0.2) is 25.4 Å². The second-order valence-electron chi connectivity index (χ2n) is 9.67. The zero-order valence-electron chi connectivity index (χ0n) is 22.8. The van der Waals surface area contributed by atoms with E-state index in [1.165, 1.54) is 10.8 Å². The summed E-state index contributed by atoms with van der Waals surface area (Å²) in [6, 6.07) is 50.8. The van der Waals surface area contributed by atoms with Crippen LogP contribution in [0.25, 0.3) is 66.4 Å². The van der Waals surface area contributed by atoms with Gasteiger partial charge < -0.3 is 4.98 Å². The van der Waals surface area contributed by atoms with Crippen molar-refractivity contribution in [1.82, 2.24) is 25.4 Å². The molecule has 207 valence electrons. The number of pyridine rings is 1. The standard InChI is InChI=1S/C22H13N4.C15H10N.Ir/c1-3-11-17-15(7-1)9-5-13-19(17)21-23-25-22(26-24-21)20-14-6-10-16-8-2-4-12-18(16)20;1-2-7-13(8-3-1)15-14-9-5-4-6-12(14)10-11-16-15;/h1-13H;1-7,9-11H;/q2*-1;. The summed E-state index contributed by atoms with van der Waals surface area (Å²) in [7, 11) is 0. The quantitative estimate of drug-likeness (QED) is 0.171. The molecule has 0 unspecified atom stereocenters. The van der Waals surface area contributed by atoms with Crippen molar-refractivity contribution in [2.45, 2.75) is 0 Å². The van der Waals surface area contributed by atoms with Crippen molar-refractivity contribution < 1.29 is 20.1 Å². The Morgan fingerprint density at radius 2 is 1.05 bits per heavy atom. The van der Waals surface area contributed by atoms with E-state index in [-0.39, 0.29) is 20.1 Å². The number of benzene rings is 6. The van der Waals surface area contributed by atoms with Gasteiger partial charge in [0.1, 0.15) is 5.82 Å². The summed E-state index contributed by atoms with van der Waals surface area (Å²) in [6.45, 7) is 0. The van der Waals surface area contributed by atoms with E-state index in [2.05, 4.69) is 73.9 Å². The molecule has 0 bridgehead atoms. The average Bonchev–Trinajstić information content (AvgIpc) is 3.08. The fourth-order valence-corrected chi connectivity index (χ4v) is 5.08. The van der Waals surface area contributed by atoms with Gasteiger partial charge in [-0.2, -0.15) is 10.2 Å². The summed E-state index contributed by atoms with van der Waals surface area (Å²) in [5.41, 5.74) is 3.78. The maximum atomic E-state index is 4.45. The minimum absolute atomic E-state index is 0. The molecular weight excluding hydrogens is 707 g/mol. The molecule has 1 radical (unpaired) electrons. The third-order valence-corrected chi connectivity index (χ3v) is 7.09. The van der Waals surface area contributed by atoms with E-state index in [1.807, 2.05) is 103 Å². The molecule has 5 nitrogen and oxygen atoms in total. The van der Waals surface area contributed by atoms with E-state index < -0.39 is 0 Å². The first kappa shape index (κ1) is 28.0. The van der Waals surface area contributed by atoms with Crippen molar-refractivity contribution in [2.75, 3.05) is 0 Å². The fourth-order valence-electron chi connectivity index (χ4n) is 5.08. The molecule has 0 spiro atoms. The summed E-state index contributed by atoms with van der Waals surface area (Å²) < 4.78 is 0. The number of hydrogen-bond acceptors (Lipinski definition) is 5. The van der Waals surface area contributed by atoms with Gasteiger partial charge in [0, 0.05) is 31.9 Å². The van der Waals surface area contributed by atoms with Gasteiger partial charge in [0.05, 0.1) is 0 Å². The van der Waals surface area contributed by atoms with Crippen molar-refractivity contribution in [3.05, 3.63) is 152 Å². The molecule has 8 aromatic rings. The number of aromatic nitrogens is 5. The largest absolute Gasteiger partial charge is 0.304 e. The monoisotopic (exact) mass is 730 g/mol. The molecule has 0 atom stereocenters. The molecule has 0 aliphatic carbocycles. The first-order valence-electron chi connectivity index (χ1n) is 13.6. The maximum absolute atomic E-state index is 4.45. The topological polar surface area (TPSA) is 64.5 Å². The van der Waals surface area contributed by atoms with Gasteiger partial charge in [-0.1, -0.05) is 102 Å². The van der Waals surface area contributed by atoms with Crippen LogP contribution < -0.4 is 0 Å². The van der Waals surface area contributed by atoms with Crippen LogP contribution in [0.5, 0.6) is 0 Å². The van der Waals surface area contributed by atoms with Crippen molar-refractivity contribution in [3.63, 3.8) is 0 Å². The van der Waals surface area contributed by atoms with Crippen LogP contribution in [0.2, 0.25) is 0 Å². The maximum Gasteiger partial charge on any atom is 0.202 e. The van der Waals surface area contributed by atoms with E-state index in [0.717, 1.165) is 43.9 Å². The Labute approximate surface area is 262 Å². The van der Waals surface area contributed by atoms with Gasteiger partial charge in [-0.25, -0.2) is 0 Å². The average molecular weight is 730 g/mol. The smallest absolute Gasteiger partial charge is 0.202 e. The van der Waals surface area contributed by atoms with Crippen LogP contribution in [0, 0.1) is 12.1 Å². The van der Waals surface area contributed by atoms with Gasteiger partial charge >= 0.3 is 0 Å². The van der Waals surface area contributed by atoms with Crippen molar-refractivity contribution in [3.8, 4) is 34.0 Å². The Morgan fingerprint density at radius 1 is 0.442 bits per heavy atom. The summed E-state index contributed by atoms with van der Waals surface area (Å²) >= 11 is 0. The second-order valence-corrected chi connectivity index (χ2v) is 9.67. The molecule has 0 aliphatic rings. The van der Waals surface area contributed by atoms with Crippen LogP contribution in [-0.2, 0) is 20.1 Å². The van der Waals surface area contributed by atoms with Crippen molar-refractivity contribution >= 4 is 32.3 Å². The van der Waals surface area contributed by atoms with Gasteiger partial charge in [-0.3, -0.25) is 0 Å². The Bertz CT molecular complexity index is 2030. The summed E-state index contributed by atoms with van der Waals surface area (Å²) in [5, 5.41) is 24.1. The van der Waals surface area contributed by atoms with E-state index in [4.69, 9.17) is 0 Å². The number of rotatable bonds is 3. The third-order valence-electron chi connectivity index (χ3n) is 7.09. The van der Waals surface area contributed by atoms with Crippen LogP contribution in [0.4, 0.5) is 0 Å². The molecule has 2 heterocycles. The van der Waals surface area contributed by atoms with Gasteiger partial charge in [0.25, 0.3) is 0 Å². The van der Waals surface area contributed by atoms with Gasteiger partial charge in [0.2, 0.25) is 5.82 Å². The van der Waals surface area contributed by atoms with Gasteiger partial charge in [0.15, 0.2) is 0 Å². The minimum atomic E-state index is 0. The Balaban J connectivity index is 0.000000167. The summed E-state index contributed by atoms with van der Waals surface area (Å²) in [6.07, 6.45) is 1.85. The molecule has 6 heteroatoms. The molecule has 6 aromatic carbocycles. The number of hydrogen-bond donors (Lipinski definition) is 0. The Hall–Kier alpha value is -5.16. The molecule has 8 rings (SSSR count). The third kappa shape index (κ3) is 5.80. The number of nitrogens with zero attached hydrogens (tertiary/aromatic N) is 5. The van der Waals surface area contributed by atoms with Crippen LogP contribution >= 0.6 is 0 Å². The van der Waals surface area contributed by atoms with Crippen molar-refractivity contribution in [1.29, 1.82) is 0 Å². The molecule has 2 aromatic heterocycles. The van der Waals surface area contributed by atoms with E-state index in [0.29, 0.717) is 11.6 Å². The molecule has 0 N–H and O–H groups in total. The number of fused-ring (bicyclic) bond motifs is 3. The molecule has 0 saturated heterocycles. The molecular formula is C37H23IrN5-2. The van der Waals surface area contributed by atoms with Crippen LogP contribution in [0.15, 0.2) is 140 Å². The van der Waals surface area contributed by atoms with Gasteiger partial charge in [-0.15, -0.1) is 69.7 Å². The van der Waals surface area contributed by atoms with Crippen molar-refractivity contribution in [2.24, 2.45) is 0 Å². The first-order valence-corrected chi connectivity index (χ1v) is 13.6. The van der Waals surface area contributed by atoms with E-state index >= 15 is 0 Å². The Morgan fingerprint density at radius 3 is 1.79 bits per heavy atom. The van der Waals surface area contributed by atoms with Crippen LogP contribution in [0.3, 0.4) is 0 Å².